The Labute approximate surface area is 136 Å². The molecule has 130 valence electrons. The van der Waals surface area contributed by atoms with Crippen LogP contribution in [0.3, 0.4) is 0 Å². The molecule has 2 aliphatic heterocycles. The second-order valence-electron chi connectivity index (χ2n) is 5.88. The van der Waals surface area contributed by atoms with E-state index in [1.807, 2.05) is 0 Å². The first-order valence-corrected chi connectivity index (χ1v) is 7.35. The van der Waals surface area contributed by atoms with Crippen molar-refractivity contribution >= 4 is 11.5 Å². The third-order valence-corrected chi connectivity index (χ3v) is 3.91. The van der Waals surface area contributed by atoms with Crippen LogP contribution in [0.25, 0.3) is 0 Å². The predicted molar refractivity (Wildman–Crippen MR) is 79.6 cm³/mol. The Morgan fingerprint density at radius 2 is 2.08 bits per heavy atom. The maximum absolute atomic E-state index is 11.4. The van der Waals surface area contributed by atoms with Gasteiger partial charge in [0.2, 0.25) is 11.7 Å². The fourth-order valence-electron chi connectivity index (χ4n) is 2.82. The third kappa shape index (κ3) is 3.15. The Hall–Kier alpha value is -2.69. The van der Waals surface area contributed by atoms with E-state index in [1.54, 1.807) is 11.8 Å². The zero-order valence-corrected chi connectivity index (χ0v) is 13.0. The molecule has 1 fully saturated rings. The molecule has 0 bridgehead atoms. The molecule has 0 spiro atoms. The van der Waals surface area contributed by atoms with Crippen LogP contribution < -0.4 is 9.64 Å². The van der Waals surface area contributed by atoms with Crippen LogP contribution >= 0.6 is 0 Å². The summed E-state index contributed by atoms with van der Waals surface area (Å²) in [5, 5.41) is 20.9. The number of nitro groups is 1. The maximum Gasteiger partial charge on any atom is 0.312 e. The van der Waals surface area contributed by atoms with Gasteiger partial charge in [0.15, 0.2) is 0 Å². The number of fused-ring (bicyclic) bond motifs is 1. The third-order valence-electron chi connectivity index (χ3n) is 3.91. The lowest BCUT2D eigenvalue weighted by molar-refractivity contribution is -0.760. The Morgan fingerprint density at radius 3 is 2.71 bits per heavy atom. The van der Waals surface area contributed by atoms with Crippen LogP contribution in [0.15, 0.2) is 6.07 Å². The van der Waals surface area contributed by atoms with E-state index in [-0.39, 0.29) is 30.4 Å². The van der Waals surface area contributed by atoms with Gasteiger partial charge < -0.3 is 19.2 Å². The van der Waals surface area contributed by atoms with Crippen molar-refractivity contribution in [3.05, 3.63) is 31.9 Å². The number of ether oxygens (including phenoxy) is 2. The van der Waals surface area contributed by atoms with Crippen molar-refractivity contribution in [3.63, 3.8) is 0 Å². The molecule has 24 heavy (non-hydrogen) atoms. The molecule has 2 aliphatic rings. The smallest absolute Gasteiger partial charge is 0.312 e. The van der Waals surface area contributed by atoms with Gasteiger partial charge in [0.25, 0.3) is 5.09 Å². The van der Waals surface area contributed by atoms with Gasteiger partial charge in [0.05, 0.1) is 18.1 Å². The molecule has 1 aromatic rings. The van der Waals surface area contributed by atoms with Gasteiger partial charge in [-0.25, -0.2) is 0 Å². The largest absolute Gasteiger partial charge is 0.469 e. The topological polar surface area (TPSA) is 130 Å². The molecule has 0 aliphatic carbocycles. The first-order chi connectivity index (χ1) is 11.4. The van der Waals surface area contributed by atoms with E-state index in [0.29, 0.717) is 31.9 Å². The van der Waals surface area contributed by atoms with Crippen LogP contribution in [0.4, 0.5) is 11.5 Å². The van der Waals surface area contributed by atoms with Crippen molar-refractivity contribution in [1.82, 2.24) is 4.98 Å². The fourth-order valence-corrected chi connectivity index (χ4v) is 2.82. The highest BCUT2D eigenvalue weighted by molar-refractivity contribution is 5.62. The van der Waals surface area contributed by atoms with Crippen molar-refractivity contribution < 1.29 is 24.3 Å². The SMILES string of the molecule is CC1(CO[N+](=O)[O-])Cc2cc([N+](=O)[O-])c(N3CCOCC3)nc2O1. The van der Waals surface area contributed by atoms with Crippen LogP contribution in [0.5, 0.6) is 5.88 Å². The van der Waals surface area contributed by atoms with Gasteiger partial charge in [0.1, 0.15) is 12.2 Å². The van der Waals surface area contributed by atoms with E-state index in [1.165, 1.54) is 6.07 Å². The summed E-state index contributed by atoms with van der Waals surface area (Å²) in [6.45, 7) is 3.27. The fraction of sp³-hybridized carbons (Fsp3) is 0.615. The minimum Gasteiger partial charge on any atom is -0.469 e. The highest BCUT2D eigenvalue weighted by atomic mass is 17.0. The zero-order valence-electron chi connectivity index (χ0n) is 13.0. The Kier molecular flexibility index (Phi) is 4.09. The van der Waals surface area contributed by atoms with Gasteiger partial charge in [-0.3, -0.25) is 10.1 Å². The summed E-state index contributed by atoms with van der Waals surface area (Å²) in [6, 6.07) is 1.42. The summed E-state index contributed by atoms with van der Waals surface area (Å²) in [7, 11) is 0. The molecule has 1 aromatic heterocycles. The van der Waals surface area contributed by atoms with Gasteiger partial charge in [-0.2, -0.15) is 4.98 Å². The molecule has 1 saturated heterocycles. The van der Waals surface area contributed by atoms with Gasteiger partial charge in [-0.05, 0) is 6.92 Å². The van der Waals surface area contributed by atoms with Crippen LogP contribution in [0.2, 0.25) is 0 Å². The van der Waals surface area contributed by atoms with Crippen molar-refractivity contribution in [2.75, 3.05) is 37.8 Å². The summed E-state index contributed by atoms with van der Waals surface area (Å²) in [5.74, 6) is 0.470. The lowest BCUT2D eigenvalue weighted by Gasteiger charge is -2.27. The van der Waals surface area contributed by atoms with Crippen molar-refractivity contribution in [2.24, 2.45) is 0 Å². The van der Waals surface area contributed by atoms with Gasteiger partial charge in [-0.1, -0.05) is 0 Å². The molecule has 1 atom stereocenters. The number of nitrogens with zero attached hydrogens (tertiary/aromatic N) is 4. The monoisotopic (exact) mass is 340 g/mol. The molecular formula is C13H16N4O7. The molecule has 0 N–H and O–H groups in total. The molecule has 3 rings (SSSR count). The highest BCUT2D eigenvalue weighted by Gasteiger charge is 2.40. The van der Waals surface area contributed by atoms with Crippen molar-refractivity contribution in [2.45, 2.75) is 18.9 Å². The van der Waals surface area contributed by atoms with E-state index in [9.17, 15) is 20.2 Å². The highest BCUT2D eigenvalue weighted by Crippen LogP contribution is 2.39. The van der Waals surface area contributed by atoms with E-state index in [0.717, 1.165) is 0 Å². The Bertz CT molecular complexity index is 677. The molecule has 11 heteroatoms. The van der Waals surface area contributed by atoms with E-state index in [4.69, 9.17) is 9.47 Å². The average Bonchev–Trinajstić information content (AvgIpc) is 2.88. The predicted octanol–water partition coefficient (Wildman–Crippen LogP) is 0.728. The number of hydrogen-bond donors (Lipinski definition) is 0. The number of hydrogen-bond acceptors (Lipinski definition) is 9. The van der Waals surface area contributed by atoms with Crippen LogP contribution in [-0.4, -0.2) is 53.5 Å². The lowest BCUT2D eigenvalue weighted by Crippen LogP contribution is -2.37. The normalized spacial score (nSPS) is 22.6. The molecule has 0 amide bonds. The van der Waals surface area contributed by atoms with Crippen LogP contribution in [0, 0.1) is 20.2 Å². The summed E-state index contributed by atoms with van der Waals surface area (Å²) >= 11 is 0. The number of anilines is 1. The molecular weight excluding hydrogens is 324 g/mol. The molecule has 0 aromatic carbocycles. The van der Waals surface area contributed by atoms with Crippen molar-refractivity contribution in [1.29, 1.82) is 0 Å². The van der Waals surface area contributed by atoms with Gasteiger partial charge in [0, 0.05) is 31.1 Å². The van der Waals surface area contributed by atoms with E-state index in [2.05, 4.69) is 9.82 Å². The molecule has 0 saturated carbocycles. The van der Waals surface area contributed by atoms with Crippen LogP contribution in [-0.2, 0) is 16.0 Å². The van der Waals surface area contributed by atoms with E-state index >= 15 is 0 Å². The summed E-state index contributed by atoms with van der Waals surface area (Å²) in [6.07, 6.45) is 0.243. The summed E-state index contributed by atoms with van der Waals surface area (Å²) in [4.78, 5) is 31.8. The number of rotatable bonds is 5. The lowest BCUT2D eigenvalue weighted by atomic mass is 10.0. The maximum atomic E-state index is 11.4. The summed E-state index contributed by atoms with van der Waals surface area (Å²) < 4.78 is 10.9. The van der Waals surface area contributed by atoms with Gasteiger partial charge in [-0.15, -0.1) is 10.1 Å². The second kappa shape index (κ2) is 6.07. The Morgan fingerprint density at radius 1 is 1.38 bits per heavy atom. The number of pyridine rings is 1. The van der Waals surface area contributed by atoms with Crippen molar-refractivity contribution in [3.8, 4) is 5.88 Å². The second-order valence-corrected chi connectivity index (χ2v) is 5.88. The summed E-state index contributed by atoms with van der Waals surface area (Å²) in [5.41, 5.74) is -0.563. The molecule has 3 heterocycles. The number of aromatic nitrogens is 1. The van der Waals surface area contributed by atoms with Gasteiger partial charge >= 0.3 is 5.69 Å². The molecule has 1 unspecified atom stereocenters. The number of morpholine rings is 1. The standard InChI is InChI=1S/C13H16N4O7/c1-13(8-23-17(20)21)7-9-6-10(16(18)19)11(14-12(9)24-13)15-2-4-22-5-3-15/h6H,2-5,7-8H2,1H3. The van der Waals surface area contributed by atoms with E-state index < -0.39 is 15.6 Å². The molecule has 0 radical (unpaired) electrons. The van der Waals surface area contributed by atoms with Crippen LogP contribution in [0.1, 0.15) is 12.5 Å². The zero-order chi connectivity index (χ0) is 17.3. The first kappa shape index (κ1) is 16.2. The average molecular weight is 340 g/mol. The Balaban J connectivity index is 1.89. The minimum atomic E-state index is -0.986. The minimum absolute atomic E-state index is 0.112. The first-order valence-electron chi connectivity index (χ1n) is 7.35. The quantitative estimate of drug-likeness (QED) is 0.562. The molecule has 11 nitrogen and oxygen atoms in total.